The second-order valence-electron chi connectivity index (χ2n) is 5.05. The van der Waals surface area contributed by atoms with Crippen LogP contribution in [-0.2, 0) is 0 Å². The van der Waals surface area contributed by atoms with E-state index in [1.807, 2.05) is 12.1 Å². The number of nitrogens with one attached hydrogen (secondary N) is 1. The SMILES string of the molecule is CC(C)(CCCO)CNc1cccc(Cl)c1N. The van der Waals surface area contributed by atoms with Gasteiger partial charge in [0, 0.05) is 13.2 Å². The summed E-state index contributed by atoms with van der Waals surface area (Å²) in [6.07, 6.45) is 1.79. The van der Waals surface area contributed by atoms with Crippen molar-refractivity contribution in [3.05, 3.63) is 23.2 Å². The van der Waals surface area contributed by atoms with Crippen LogP contribution in [0.3, 0.4) is 0 Å². The van der Waals surface area contributed by atoms with E-state index in [2.05, 4.69) is 19.2 Å². The molecule has 0 amide bonds. The standard InChI is InChI=1S/C13H21ClN2O/c1-13(2,7-4-8-17)9-16-11-6-3-5-10(14)12(11)15/h3,5-6,16-17H,4,7-9,15H2,1-2H3. The molecule has 17 heavy (non-hydrogen) atoms. The summed E-state index contributed by atoms with van der Waals surface area (Å²) in [5, 5.41) is 12.7. The molecule has 0 aliphatic rings. The molecule has 0 unspecified atom stereocenters. The van der Waals surface area contributed by atoms with Gasteiger partial charge in [0.1, 0.15) is 0 Å². The van der Waals surface area contributed by atoms with E-state index >= 15 is 0 Å². The highest BCUT2D eigenvalue weighted by Crippen LogP contribution is 2.29. The third kappa shape index (κ3) is 4.44. The summed E-state index contributed by atoms with van der Waals surface area (Å²) in [4.78, 5) is 0. The molecule has 0 fully saturated rings. The monoisotopic (exact) mass is 256 g/mol. The van der Waals surface area contributed by atoms with E-state index < -0.39 is 0 Å². The highest BCUT2D eigenvalue weighted by molar-refractivity contribution is 6.33. The third-order valence-electron chi connectivity index (χ3n) is 2.82. The van der Waals surface area contributed by atoms with E-state index in [-0.39, 0.29) is 12.0 Å². The zero-order valence-corrected chi connectivity index (χ0v) is 11.2. The normalized spacial score (nSPS) is 11.5. The number of aliphatic hydroxyl groups is 1. The van der Waals surface area contributed by atoms with Gasteiger partial charge in [0.25, 0.3) is 0 Å². The lowest BCUT2D eigenvalue weighted by Crippen LogP contribution is -2.23. The minimum Gasteiger partial charge on any atom is -0.396 e. The van der Waals surface area contributed by atoms with Crippen LogP contribution >= 0.6 is 11.6 Å². The van der Waals surface area contributed by atoms with Crippen molar-refractivity contribution < 1.29 is 5.11 Å². The Kier molecular flexibility index (Phi) is 5.09. The van der Waals surface area contributed by atoms with Gasteiger partial charge < -0.3 is 16.2 Å². The first-order chi connectivity index (χ1) is 7.96. The molecule has 0 saturated heterocycles. The highest BCUT2D eigenvalue weighted by Gasteiger charge is 2.17. The van der Waals surface area contributed by atoms with Crippen LogP contribution < -0.4 is 11.1 Å². The number of aliphatic hydroxyl groups excluding tert-OH is 1. The topological polar surface area (TPSA) is 58.3 Å². The Balaban J connectivity index is 2.58. The van der Waals surface area contributed by atoms with Crippen molar-refractivity contribution in [3.63, 3.8) is 0 Å². The van der Waals surface area contributed by atoms with Crippen LogP contribution in [0.1, 0.15) is 26.7 Å². The maximum absolute atomic E-state index is 8.84. The van der Waals surface area contributed by atoms with E-state index in [1.54, 1.807) is 6.07 Å². The lowest BCUT2D eigenvalue weighted by molar-refractivity contribution is 0.248. The van der Waals surface area contributed by atoms with Gasteiger partial charge in [-0.05, 0) is 30.4 Å². The van der Waals surface area contributed by atoms with Gasteiger partial charge in [0.05, 0.1) is 16.4 Å². The Hall–Kier alpha value is -0.930. The number of para-hydroxylation sites is 1. The Bertz CT molecular complexity index is 366. The molecule has 0 radical (unpaired) electrons. The molecule has 4 heteroatoms. The van der Waals surface area contributed by atoms with Crippen LogP contribution in [0.2, 0.25) is 5.02 Å². The van der Waals surface area contributed by atoms with Crippen molar-refractivity contribution in [2.45, 2.75) is 26.7 Å². The van der Waals surface area contributed by atoms with Gasteiger partial charge in [0.2, 0.25) is 0 Å². The van der Waals surface area contributed by atoms with Gasteiger partial charge >= 0.3 is 0 Å². The quantitative estimate of drug-likeness (QED) is 0.686. The second kappa shape index (κ2) is 6.12. The van der Waals surface area contributed by atoms with Crippen molar-refractivity contribution in [1.29, 1.82) is 0 Å². The first kappa shape index (κ1) is 14.1. The van der Waals surface area contributed by atoms with Crippen molar-refractivity contribution >= 4 is 23.0 Å². The molecule has 0 heterocycles. The van der Waals surface area contributed by atoms with Crippen LogP contribution in [0.5, 0.6) is 0 Å². The zero-order chi connectivity index (χ0) is 12.9. The maximum Gasteiger partial charge on any atom is 0.0739 e. The van der Waals surface area contributed by atoms with Gasteiger partial charge in [0.15, 0.2) is 0 Å². The van der Waals surface area contributed by atoms with Gasteiger partial charge in [-0.25, -0.2) is 0 Å². The average molecular weight is 257 g/mol. The number of benzene rings is 1. The fraction of sp³-hybridized carbons (Fsp3) is 0.538. The van der Waals surface area contributed by atoms with Gasteiger partial charge in [-0.3, -0.25) is 0 Å². The van der Waals surface area contributed by atoms with Crippen molar-refractivity contribution in [1.82, 2.24) is 0 Å². The van der Waals surface area contributed by atoms with E-state index in [9.17, 15) is 0 Å². The Morgan fingerprint density at radius 2 is 2.12 bits per heavy atom. The summed E-state index contributed by atoms with van der Waals surface area (Å²) < 4.78 is 0. The van der Waals surface area contributed by atoms with Crippen LogP contribution in [0.25, 0.3) is 0 Å². The molecule has 1 rings (SSSR count). The van der Waals surface area contributed by atoms with Crippen molar-refractivity contribution in [2.75, 3.05) is 24.2 Å². The second-order valence-corrected chi connectivity index (χ2v) is 5.45. The van der Waals surface area contributed by atoms with Crippen LogP contribution in [0, 0.1) is 5.41 Å². The third-order valence-corrected chi connectivity index (χ3v) is 3.15. The molecular weight excluding hydrogens is 236 g/mol. The van der Waals surface area contributed by atoms with Crippen molar-refractivity contribution in [2.24, 2.45) is 5.41 Å². The lowest BCUT2D eigenvalue weighted by Gasteiger charge is -2.25. The Labute approximate surface area is 108 Å². The molecule has 4 N–H and O–H groups in total. The molecule has 0 aromatic heterocycles. The molecule has 0 aliphatic carbocycles. The van der Waals surface area contributed by atoms with E-state index in [4.69, 9.17) is 22.4 Å². The summed E-state index contributed by atoms with van der Waals surface area (Å²) in [7, 11) is 0. The lowest BCUT2D eigenvalue weighted by atomic mass is 9.88. The van der Waals surface area contributed by atoms with Crippen LogP contribution in [-0.4, -0.2) is 18.3 Å². The number of halogens is 1. The molecule has 0 spiro atoms. The average Bonchev–Trinajstić information content (AvgIpc) is 2.29. The summed E-state index contributed by atoms with van der Waals surface area (Å²) in [6.45, 7) is 5.37. The molecule has 0 atom stereocenters. The van der Waals surface area contributed by atoms with E-state index in [0.717, 1.165) is 25.1 Å². The minimum atomic E-state index is 0.123. The predicted molar refractivity (Wildman–Crippen MR) is 74.5 cm³/mol. The molecule has 0 bridgehead atoms. The number of rotatable bonds is 6. The molecule has 1 aromatic rings. The molecule has 0 saturated carbocycles. The number of hydrogen-bond acceptors (Lipinski definition) is 3. The van der Waals surface area contributed by atoms with Crippen LogP contribution in [0.15, 0.2) is 18.2 Å². The molecular formula is C13H21ClN2O. The van der Waals surface area contributed by atoms with Crippen molar-refractivity contribution in [3.8, 4) is 0 Å². The summed E-state index contributed by atoms with van der Waals surface area (Å²) in [5.74, 6) is 0. The number of nitrogens with two attached hydrogens (primary N) is 1. The minimum absolute atomic E-state index is 0.123. The predicted octanol–water partition coefficient (Wildman–Crippen LogP) is 3.13. The molecule has 1 aromatic carbocycles. The zero-order valence-electron chi connectivity index (χ0n) is 10.5. The maximum atomic E-state index is 8.84. The molecule has 3 nitrogen and oxygen atoms in total. The smallest absolute Gasteiger partial charge is 0.0739 e. The highest BCUT2D eigenvalue weighted by atomic mass is 35.5. The number of nitrogen functional groups attached to an aromatic ring is 1. The van der Waals surface area contributed by atoms with E-state index in [1.165, 1.54) is 0 Å². The molecule has 0 aliphatic heterocycles. The number of hydrogen-bond donors (Lipinski definition) is 3. The number of anilines is 2. The van der Waals surface area contributed by atoms with Gasteiger partial charge in [-0.2, -0.15) is 0 Å². The summed E-state index contributed by atoms with van der Waals surface area (Å²) >= 11 is 5.95. The van der Waals surface area contributed by atoms with Gasteiger partial charge in [-0.15, -0.1) is 0 Å². The largest absolute Gasteiger partial charge is 0.396 e. The first-order valence-electron chi connectivity index (χ1n) is 5.85. The first-order valence-corrected chi connectivity index (χ1v) is 6.23. The fourth-order valence-electron chi connectivity index (χ4n) is 1.67. The van der Waals surface area contributed by atoms with Gasteiger partial charge in [-0.1, -0.05) is 31.5 Å². The Morgan fingerprint density at radius 3 is 2.76 bits per heavy atom. The Morgan fingerprint density at radius 1 is 1.41 bits per heavy atom. The van der Waals surface area contributed by atoms with Crippen LogP contribution in [0.4, 0.5) is 11.4 Å². The fourth-order valence-corrected chi connectivity index (χ4v) is 1.85. The summed E-state index contributed by atoms with van der Waals surface area (Å²) in [6, 6.07) is 5.57. The summed E-state index contributed by atoms with van der Waals surface area (Å²) in [5.41, 5.74) is 7.46. The molecule has 96 valence electrons. The van der Waals surface area contributed by atoms with E-state index in [0.29, 0.717) is 10.7 Å².